The van der Waals surface area contributed by atoms with Gasteiger partial charge in [-0.3, -0.25) is 4.90 Å². The minimum absolute atomic E-state index is 0.904. The highest BCUT2D eigenvalue weighted by Gasteiger charge is 2.07. The molecule has 0 heterocycles. The molecule has 0 saturated heterocycles. The zero-order valence-electron chi connectivity index (χ0n) is 13.0. The van der Waals surface area contributed by atoms with Crippen molar-refractivity contribution in [3.63, 3.8) is 0 Å². The van der Waals surface area contributed by atoms with Crippen molar-refractivity contribution in [3.8, 4) is 0 Å². The summed E-state index contributed by atoms with van der Waals surface area (Å²) >= 11 is 0. The third kappa shape index (κ3) is 5.24. The molecule has 2 N–H and O–H groups in total. The standard InChI is InChI=1S/C19H26N2/c1-2-14-21(16-18-12-6-7-13-19(18)20)15-8-11-17-9-4-3-5-10-17/h3-7,9-10,12-13H,2,8,11,14-16,20H2,1H3. The van der Waals surface area contributed by atoms with E-state index in [1.54, 1.807) is 0 Å². The Morgan fingerprint density at radius 3 is 2.33 bits per heavy atom. The Labute approximate surface area is 128 Å². The molecule has 2 aromatic carbocycles. The fourth-order valence-electron chi connectivity index (χ4n) is 2.66. The van der Waals surface area contributed by atoms with Gasteiger partial charge >= 0.3 is 0 Å². The molecule has 0 bridgehead atoms. The lowest BCUT2D eigenvalue weighted by Crippen LogP contribution is -2.26. The Bertz CT molecular complexity index is 522. The number of hydrogen-bond donors (Lipinski definition) is 1. The van der Waals surface area contributed by atoms with Gasteiger partial charge in [-0.2, -0.15) is 0 Å². The molecule has 0 fully saturated rings. The van der Waals surface area contributed by atoms with Crippen LogP contribution in [0.4, 0.5) is 5.69 Å². The topological polar surface area (TPSA) is 29.3 Å². The average molecular weight is 282 g/mol. The summed E-state index contributed by atoms with van der Waals surface area (Å²) < 4.78 is 0. The molecule has 2 nitrogen and oxygen atoms in total. The van der Waals surface area contributed by atoms with Gasteiger partial charge in [0.05, 0.1) is 0 Å². The molecule has 0 unspecified atom stereocenters. The van der Waals surface area contributed by atoms with Gasteiger partial charge in [-0.15, -0.1) is 0 Å². The van der Waals surface area contributed by atoms with Crippen molar-refractivity contribution < 1.29 is 0 Å². The Hall–Kier alpha value is -1.80. The van der Waals surface area contributed by atoms with Crippen LogP contribution in [0.1, 0.15) is 30.9 Å². The van der Waals surface area contributed by atoms with Gasteiger partial charge < -0.3 is 5.73 Å². The predicted octanol–water partition coefficient (Wildman–Crippen LogP) is 4.11. The lowest BCUT2D eigenvalue weighted by Gasteiger charge is -2.22. The van der Waals surface area contributed by atoms with Crippen LogP contribution < -0.4 is 5.73 Å². The van der Waals surface area contributed by atoms with E-state index < -0.39 is 0 Å². The minimum Gasteiger partial charge on any atom is -0.398 e. The second-order valence-corrected chi connectivity index (χ2v) is 5.56. The van der Waals surface area contributed by atoms with E-state index in [2.05, 4.69) is 54.3 Å². The SMILES string of the molecule is CCCN(CCCc1ccccc1)Cc1ccccc1N. The van der Waals surface area contributed by atoms with Crippen LogP contribution in [0, 0.1) is 0 Å². The van der Waals surface area contributed by atoms with Gasteiger partial charge in [-0.25, -0.2) is 0 Å². The van der Waals surface area contributed by atoms with Crippen LogP contribution in [0.15, 0.2) is 54.6 Å². The molecule has 2 aromatic rings. The van der Waals surface area contributed by atoms with Gasteiger partial charge in [0, 0.05) is 12.2 Å². The minimum atomic E-state index is 0.904. The summed E-state index contributed by atoms with van der Waals surface area (Å²) in [6, 6.07) is 18.9. The van der Waals surface area contributed by atoms with E-state index in [1.807, 2.05) is 12.1 Å². The Morgan fingerprint density at radius 2 is 1.62 bits per heavy atom. The molecule has 21 heavy (non-hydrogen) atoms. The van der Waals surface area contributed by atoms with E-state index >= 15 is 0 Å². The molecule has 0 amide bonds. The van der Waals surface area contributed by atoms with Crippen molar-refractivity contribution in [2.75, 3.05) is 18.8 Å². The molecular formula is C19H26N2. The molecule has 2 rings (SSSR count). The quantitative estimate of drug-likeness (QED) is 0.738. The maximum Gasteiger partial charge on any atom is 0.0359 e. The maximum absolute atomic E-state index is 6.06. The number of anilines is 1. The van der Waals surface area contributed by atoms with Crippen molar-refractivity contribution >= 4 is 5.69 Å². The van der Waals surface area contributed by atoms with Crippen LogP contribution in [0.25, 0.3) is 0 Å². The van der Waals surface area contributed by atoms with Crippen molar-refractivity contribution in [1.29, 1.82) is 0 Å². The third-order valence-corrected chi connectivity index (χ3v) is 3.77. The van der Waals surface area contributed by atoms with E-state index in [-0.39, 0.29) is 0 Å². The largest absolute Gasteiger partial charge is 0.398 e. The van der Waals surface area contributed by atoms with Crippen LogP contribution in [0.2, 0.25) is 0 Å². The van der Waals surface area contributed by atoms with Crippen LogP contribution in [0.3, 0.4) is 0 Å². The first-order chi connectivity index (χ1) is 10.3. The van der Waals surface area contributed by atoms with Crippen LogP contribution in [-0.2, 0) is 13.0 Å². The molecule has 0 aliphatic carbocycles. The number of nitrogen functional groups attached to an aromatic ring is 1. The first-order valence-corrected chi connectivity index (χ1v) is 7.89. The second kappa shape index (κ2) is 8.48. The molecule has 0 atom stereocenters. The molecule has 0 aliphatic heterocycles. The summed E-state index contributed by atoms with van der Waals surface area (Å²) in [6.07, 6.45) is 3.51. The lowest BCUT2D eigenvalue weighted by atomic mass is 10.1. The van der Waals surface area contributed by atoms with Crippen LogP contribution in [-0.4, -0.2) is 18.0 Å². The number of para-hydroxylation sites is 1. The van der Waals surface area contributed by atoms with Crippen molar-refractivity contribution in [1.82, 2.24) is 4.90 Å². The summed E-state index contributed by atoms with van der Waals surface area (Å²) in [4.78, 5) is 2.51. The van der Waals surface area contributed by atoms with Gasteiger partial charge in [0.15, 0.2) is 0 Å². The highest BCUT2D eigenvalue weighted by Crippen LogP contribution is 2.14. The Kier molecular flexibility index (Phi) is 6.29. The molecule has 0 radical (unpaired) electrons. The molecule has 0 aromatic heterocycles. The summed E-state index contributed by atoms with van der Waals surface area (Å²) in [5.41, 5.74) is 9.63. The van der Waals surface area contributed by atoms with Crippen molar-refractivity contribution in [3.05, 3.63) is 65.7 Å². The van der Waals surface area contributed by atoms with Crippen molar-refractivity contribution in [2.45, 2.75) is 32.7 Å². The first kappa shape index (κ1) is 15.6. The lowest BCUT2D eigenvalue weighted by molar-refractivity contribution is 0.263. The van der Waals surface area contributed by atoms with Crippen LogP contribution in [0.5, 0.6) is 0 Å². The molecule has 0 aliphatic rings. The fourth-order valence-corrected chi connectivity index (χ4v) is 2.66. The molecule has 2 heteroatoms. The fraction of sp³-hybridized carbons (Fsp3) is 0.368. The molecular weight excluding hydrogens is 256 g/mol. The highest BCUT2D eigenvalue weighted by molar-refractivity contribution is 5.46. The van der Waals surface area contributed by atoms with Gasteiger partial charge in [0.25, 0.3) is 0 Å². The number of aryl methyl sites for hydroxylation is 1. The number of rotatable bonds is 8. The zero-order chi connectivity index (χ0) is 14.9. The number of hydrogen-bond acceptors (Lipinski definition) is 2. The number of nitrogens with zero attached hydrogens (tertiary/aromatic N) is 1. The smallest absolute Gasteiger partial charge is 0.0359 e. The average Bonchev–Trinajstić information content (AvgIpc) is 2.51. The van der Waals surface area contributed by atoms with E-state index in [0.717, 1.165) is 31.7 Å². The maximum atomic E-state index is 6.06. The zero-order valence-corrected chi connectivity index (χ0v) is 13.0. The van der Waals surface area contributed by atoms with E-state index in [0.29, 0.717) is 0 Å². The Balaban J connectivity index is 1.86. The summed E-state index contributed by atoms with van der Waals surface area (Å²) in [6.45, 7) is 5.44. The second-order valence-electron chi connectivity index (χ2n) is 5.56. The first-order valence-electron chi connectivity index (χ1n) is 7.89. The van der Waals surface area contributed by atoms with Crippen molar-refractivity contribution in [2.24, 2.45) is 0 Å². The normalized spacial score (nSPS) is 11.0. The summed E-state index contributed by atoms with van der Waals surface area (Å²) in [5, 5.41) is 0. The van der Waals surface area contributed by atoms with Gasteiger partial charge in [-0.1, -0.05) is 55.5 Å². The van der Waals surface area contributed by atoms with E-state index in [9.17, 15) is 0 Å². The van der Waals surface area contributed by atoms with Crippen LogP contribution >= 0.6 is 0 Å². The number of nitrogens with two attached hydrogens (primary N) is 1. The molecule has 0 saturated carbocycles. The van der Waals surface area contributed by atoms with E-state index in [4.69, 9.17) is 5.73 Å². The molecule has 0 spiro atoms. The summed E-state index contributed by atoms with van der Waals surface area (Å²) in [5.74, 6) is 0. The molecule has 112 valence electrons. The highest BCUT2D eigenvalue weighted by atomic mass is 15.1. The van der Waals surface area contributed by atoms with Gasteiger partial charge in [-0.05, 0) is 49.5 Å². The summed E-state index contributed by atoms with van der Waals surface area (Å²) in [7, 11) is 0. The number of benzene rings is 2. The Morgan fingerprint density at radius 1 is 0.905 bits per heavy atom. The third-order valence-electron chi connectivity index (χ3n) is 3.77. The van der Waals surface area contributed by atoms with Gasteiger partial charge in [0.1, 0.15) is 0 Å². The predicted molar refractivity (Wildman–Crippen MR) is 91.2 cm³/mol. The monoisotopic (exact) mass is 282 g/mol. The van der Waals surface area contributed by atoms with E-state index in [1.165, 1.54) is 24.0 Å². The van der Waals surface area contributed by atoms with Gasteiger partial charge in [0.2, 0.25) is 0 Å².